The largest absolute Gasteiger partial charge is 0.421 e. The maximum Gasteiger partial charge on any atom is 0.421 e. The average Bonchev–Trinajstić information content (AvgIpc) is 3.29. The number of likely N-dealkylation sites (tertiary alicyclic amines) is 1. The zero-order chi connectivity index (χ0) is 22.3. The summed E-state index contributed by atoms with van der Waals surface area (Å²) in [6.45, 7) is 2.57. The summed E-state index contributed by atoms with van der Waals surface area (Å²) < 4.78 is 40.8. The number of alkyl halides is 3. The van der Waals surface area contributed by atoms with Gasteiger partial charge in [-0.1, -0.05) is 12.2 Å². The first-order valence-corrected chi connectivity index (χ1v) is 10.3. The van der Waals surface area contributed by atoms with E-state index in [4.69, 9.17) is 5.73 Å². The van der Waals surface area contributed by atoms with Gasteiger partial charge in [0.1, 0.15) is 11.4 Å². The van der Waals surface area contributed by atoms with Crippen molar-refractivity contribution in [2.45, 2.75) is 44.4 Å². The van der Waals surface area contributed by atoms with Crippen LogP contribution < -0.4 is 16.4 Å². The lowest BCUT2D eigenvalue weighted by atomic mass is 9.88. The van der Waals surface area contributed by atoms with E-state index in [0.717, 1.165) is 19.0 Å². The molecule has 1 aromatic heterocycles. The van der Waals surface area contributed by atoms with Crippen LogP contribution in [0.15, 0.2) is 18.3 Å². The molecule has 2 amide bonds. The minimum atomic E-state index is -4.66. The SMILES string of the molecule is CC(=O)N1CCCC(Nc2ncc(C(F)(F)F)c(N[C@H]3[C@@H](C(N)=O)[C@@H]4C=C[C@H]3C4)n2)C1. The monoisotopic (exact) mass is 438 g/mol. The molecule has 2 fully saturated rings. The van der Waals surface area contributed by atoms with Gasteiger partial charge in [0.05, 0.1) is 5.92 Å². The first-order valence-electron chi connectivity index (χ1n) is 10.3. The van der Waals surface area contributed by atoms with Gasteiger partial charge in [0, 0.05) is 38.3 Å². The van der Waals surface area contributed by atoms with Crippen molar-refractivity contribution in [1.29, 1.82) is 0 Å². The van der Waals surface area contributed by atoms with E-state index >= 15 is 0 Å². The fourth-order valence-corrected chi connectivity index (χ4v) is 4.90. The molecule has 3 aliphatic rings. The second kappa shape index (κ2) is 8.01. The molecule has 0 radical (unpaired) electrons. The van der Waals surface area contributed by atoms with Crippen molar-refractivity contribution in [1.82, 2.24) is 14.9 Å². The number of piperidine rings is 1. The zero-order valence-electron chi connectivity index (χ0n) is 17.0. The van der Waals surface area contributed by atoms with Gasteiger partial charge in [-0.3, -0.25) is 9.59 Å². The standard InChI is InChI=1S/C20H25F3N6O2/c1-10(30)29-6-2-3-13(9-29)26-19-25-8-14(20(21,22)23)18(28-19)27-16-12-5-4-11(7-12)15(16)17(24)31/h4-5,8,11-13,15-16H,2-3,6-7,9H2,1H3,(H2,24,31)(H2,25,26,27,28)/t11-,12+,13?,15+,16-/m1/s1. The lowest BCUT2D eigenvalue weighted by molar-refractivity contribution is -0.137. The van der Waals surface area contributed by atoms with Gasteiger partial charge in [-0.25, -0.2) is 4.98 Å². The molecule has 1 aromatic rings. The van der Waals surface area contributed by atoms with Gasteiger partial charge in [0.2, 0.25) is 17.8 Å². The molecular weight excluding hydrogens is 413 g/mol. The molecule has 11 heteroatoms. The Balaban J connectivity index is 1.58. The van der Waals surface area contributed by atoms with Gasteiger partial charge in [-0.05, 0) is 31.1 Å². The molecular formula is C20H25F3N6O2. The third kappa shape index (κ3) is 4.31. The first-order chi connectivity index (χ1) is 14.6. The molecule has 2 heterocycles. The van der Waals surface area contributed by atoms with Crippen molar-refractivity contribution in [3.63, 3.8) is 0 Å². The van der Waals surface area contributed by atoms with Crippen molar-refractivity contribution < 1.29 is 22.8 Å². The third-order valence-electron chi connectivity index (χ3n) is 6.39. The van der Waals surface area contributed by atoms with E-state index in [1.165, 1.54) is 6.92 Å². The van der Waals surface area contributed by atoms with Gasteiger partial charge < -0.3 is 21.3 Å². The Kier molecular flexibility index (Phi) is 5.52. The molecule has 0 spiro atoms. The van der Waals surface area contributed by atoms with E-state index in [2.05, 4.69) is 20.6 Å². The smallest absolute Gasteiger partial charge is 0.369 e. The number of nitrogens with zero attached hydrogens (tertiary/aromatic N) is 3. The van der Waals surface area contributed by atoms with Crippen molar-refractivity contribution >= 4 is 23.6 Å². The van der Waals surface area contributed by atoms with Crippen LogP contribution in [0, 0.1) is 17.8 Å². The number of nitrogens with two attached hydrogens (primary N) is 1. The summed E-state index contributed by atoms with van der Waals surface area (Å²) in [5.41, 5.74) is 4.53. The van der Waals surface area contributed by atoms with Crippen molar-refractivity contribution in [2.75, 3.05) is 23.7 Å². The van der Waals surface area contributed by atoms with Gasteiger partial charge in [0.25, 0.3) is 0 Å². The van der Waals surface area contributed by atoms with Crippen molar-refractivity contribution in [2.24, 2.45) is 23.5 Å². The van der Waals surface area contributed by atoms with E-state index in [-0.39, 0.29) is 35.6 Å². The van der Waals surface area contributed by atoms with Crippen LogP contribution in [0.2, 0.25) is 0 Å². The molecule has 31 heavy (non-hydrogen) atoms. The van der Waals surface area contributed by atoms with E-state index < -0.39 is 29.6 Å². The van der Waals surface area contributed by atoms with E-state index in [0.29, 0.717) is 19.5 Å². The predicted octanol–water partition coefficient (Wildman–Crippen LogP) is 2.01. The number of aromatic nitrogens is 2. The normalized spacial score (nSPS) is 29.8. The Morgan fingerprint density at radius 2 is 1.97 bits per heavy atom. The Morgan fingerprint density at radius 3 is 2.65 bits per heavy atom. The highest BCUT2D eigenvalue weighted by atomic mass is 19.4. The van der Waals surface area contributed by atoms with Crippen LogP contribution in [0.1, 0.15) is 31.7 Å². The van der Waals surface area contributed by atoms with Gasteiger partial charge >= 0.3 is 6.18 Å². The molecule has 1 aliphatic heterocycles. The van der Waals surface area contributed by atoms with Crippen molar-refractivity contribution in [3.05, 3.63) is 23.9 Å². The zero-order valence-corrected chi connectivity index (χ0v) is 17.0. The number of rotatable bonds is 5. The Hall–Kier alpha value is -2.85. The van der Waals surface area contributed by atoms with E-state index in [1.807, 2.05) is 12.2 Å². The summed E-state index contributed by atoms with van der Waals surface area (Å²) in [5.74, 6) is -1.68. The number of anilines is 2. The topological polar surface area (TPSA) is 113 Å². The highest BCUT2D eigenvalue weighted by Gasteiger charge is 2.48. The molecule has 4 N–H and O–H groups in total. The Bertz CT molecular complexity index is 905. The predicted molar refractivity (Wildman–Crippen MR) is 107 cm³/mol. The molecule has 1 saturated heterocycles. The van der Waals surface area contributed by atoms with E-state index in [9.17, 15) is 22.8 Å². The third-order valence-corrected chi connectivity index (χ3v) is 6.39. The van der Waals surface area contributed by atoms with Crippen LogP contribution in [0.5, 0.6) is 0 Å². The van der Waals surface area contributed by atoms with Crippen molar-refractivity contribution in [3.8, 4) is 0 Å². The summed E-state index contributed by atoms with van der Waals surface area (Å²) in [6, 6.07) is -0.717. The molecule has 1 unspecified atom stereocenters. The number of carbonyl (C=O) groups excluding carboxylic acids is 2. The minimum Gasteiger partial charge on any atom is -0.369 e. The summed E-state index contributed by atoms with van der Waals surface area (Å²) in [7, 11) is 0. The summed E-state index contributed by atoms with van der Waals surface area (Å²) >= 11 is 0. The molecule has 8 nitrogen and oxygen atoms in total. The van der Waals surface area contributed by atoms with Crippen LogP contribution in [0.25, 0.3) is 0 Å². The average molecular weight is 438 g/mol. The maximum absolute atomic E-state index is 13.6. The number of amides is 2. The number of halogens is 3. The molecule has 5 atom stereocenters. The van der Waals surface area contributed by atoms with Gasteiger partial charge in [-0.2, -0.15) is 18.2 Å². The number of hydrogen-bond donors (Lipinski definition) is 3. The highest BCUT2D eigenvalue weighted by molar-refractivity contribution is 5.80. The second-order valence-corrected chi connectivity index (χ2v) is 8.45. The molecule has 0 aromatic carbocycles. The van der Waals surface area contributed by atoms with Crippen LogP contribution in [-0.2, 0) is 15.8 Å². The molecule has 1 saturated carbocycles. The first kappa shape index (κ1) is 21.4. The van der Waals surface area contributed by atoms with Crippen LogP contribution in [0.4, 0.5) is 24.9 Å². The number of allylic oxidation sites excluding steroid dienone is 1. The molecule has 168 valence electrons. The van der Waals surface area contributed by atoms with E-state index in [1.54, 1.807) is 4.90 Å². The Labute approximate surface area is 177 Å². The molecule has 2 aliphatic carbocycles. The Morgan fingerprint density at radius 1 is 1.23 bits per heavy atom. The number of nitrogens with one attached hydrogen (secondary N) is 2. The fourth-order valence-electron chi connectivity index (χ4n) is 4.90. The van der Waals surface area contributed by atoms with Crippen LogP contribution in [-0.4, -0.2) is 51.9 Å². The van der Waals surface area contributed by atoms with Crippen LogP contribution in [0.3, 0.4) is 0 Å². The fraction of sp³-hybridized carbons (Fsp3) is 0.600. The summed E-state index contributed by atoms with van der Waals surface area (Å²) in [5, 5.41) is 5.90. The summed E-state index contributed by atoms with van der Waals surface area (Å²) in [6.07, 6.45) is 2.09. The lowest BCUT2D eigenvalue weighted by Gasteiger charge is -2.32. The second-order valence-electron chi connectivity index (χ2n) is 8.45. The number of primary amides is 1. The number of fused-ring (bicyclic) bond motifs is 2. The van der Waals surface area contributed by atoms with Gasteiger partial charge in [0.15, 0.2) is 0 Å². The number of hydrogen-bond acceptors (Lipinski definition) is 6. The molecule has 2 bridgehead atoms. The summed E-state index contributed by atoms with van der Waals surface area (Å²) in [4.78, 5) is 33.2. The lowest BCUT2D eigenvalue weighted by Crippen LogP contribution is -2.44. The minimum absolute atomic E-state index is 0.0419. The van der Waals surface area contributed by atoms with Crippen LogP contribution >= 0.6 is 0 Å². The number of carbonyl (C=O) groups is 2. The molecule has 4 rings (SSSR count). The quantitative estimate of drug-likeness (QED) is 0.606. The highest BCUT2D eigenvalue weighted by Crippen LogP contribution is 2.45. The maximum atomic E-state index is 13.6. The van der Waals surface area contributed by atoms with Gasteiger partial charge in [-0.15, -0.1) is 0 Å².